The SMILES string of the molecule is C#CC(=O)Nc1ccc(C2=NN(C(=O)Cc3cc(OC)c(OC)cc3Br)CC2)cc1. The van der Waals surface area contributed by atoms with Gasteiger partial charge in [0.15, 0.2) is 11.5 Å². The van der Waals surface area contributed by atoms with Crippen molar-refractivity contribution in [2.24, 2.45) is 5.10 Å². The average molecular weight is 470 g/mol. The number of methoxy groups -OCH3 is 2. The third-order valence-corrected chi connectivity index (χ3v) is 5.33. The fraction of sp³-hybridized carbons (Fsp3) is 0.227. The summed E-state index contributed by atoms with van der Waals surface area (Å²) in [6.07, 6.45) is 5.88. The Labute approximate surface area is 183 Å². The van der Waals surface area contributed by atoms with Gasteiger partial charge in [0.1, 0.15) is 0 Å². The number of hydrogen-bond acceptors (Lipinski definition) is 5. The molecule has 3 rings (SSSR count). The standard InChI is InChI=1S/C22H20BrN3O4/c1-4-21(27)24-16-7-5-14(6-8-16)18-9-10-26(25-18)22(28)12-15-11-19(29-2)20(30-3)13-17(15)23/h1,5-8,11,13H,9-10,12H2,2-3H3,(H,24,27). The minimum atomic E-state index is -0.501. The number of nitrogens with one attached hydrogen (secondary N) is 1. The van der Waals surface area contributed by atoms with E-state index >= 15 is 0 Å². The summed E-state index contributed by atoms with van der Waals surface area (Å²) in [6.45, 7) is 0.509. The molecule has 0 radical (unpaired) electrons. The van der Waals surface area contributed by atoms with Crippen LogP contribution in [0.2, 0.25) is 0 Å². The number of nitrogens with zero attached hydrogens (tertiary/aromatic N) is 2. The monoisotopic (exact) mass is 469 g/mol. The van der Waals surface area contributed by atoms with Crippen molar-refractivity contribution in [3.8, 4) is 23.8 Å². The van der Waals surface area contributed by atoms with Gasteiger partial charge >= 0.3 is 0 Å². The van der Waals surface area contributed by atoms with E-state index in [0.717, 1.165) is 21.3 Å². The van der Waals surface area contributed by atoms with Crippen molar-refractivity contribution < 1.29 is 19.1 Å². The highest BCUT2D eigenvalue weighted by Crippen LogP contribution is 2.33. The molecule has 2 aromatic carbocycles. The molecule has 30 heavy (non-hydrogen) atoms. The van der Waals surface area contributed by atoms with Crippen LogP contribution >= 0.6 is 15.9 Å². The lowest BCUT2D eigenvalue weighted by Crippen LogP contribution is -2.25. The molecule has 0 aliphatic carbocycles. The van der Waals surface area contributed by atoms with Crippen LogP contribution in [0.5, 0.6) is 11.5 Å². The Balaban J connectivity index is 1.70. The van der Waals surface area contributed by atoms with Crippen LogP contribution < -0.4 is 14.8 Å². The van der Waals surface area contributed by atoms with Gasteiger partial charge in [-0.3, -0.25) is 9.59 Å². The Morgan fingerprint density at radius 2 is 1.87 bits per heavy atom. The Morgan fingerprint density at radius 1 is 1.20 bits per heavy atom. The van der Waals surface area contributed by atoms with Crippen LogP contribution in [0.3, 0.4) is 0 Å². The van der Waals surface area contributed by atoms with Crippen molar-refractivity contribution in [3.63, 3.8) is 0 Å². The molecule has 1 aliphatic rings. The van der Waals surface area contributed by atoms with E-state index in [1.807, 2.05) is 18.1 Å². The topological polar surface area (TPSA) is 80.2 Å². The molecule has 0 aromatic heterocycles. The fourth-order valence-electron chi connectivity index (χ4n) is 3.04. The van der Waals surface area contributed by atoms with Gasteiger partial charge in [-0.25, -0.2) is 5.01 Å². The van der Waals surface area contributed by atoms with Gasteiger partial charge in [-0.05, 0) is 41.3 Å². The molecular weight excluding hydrogens is 450 g/mol. The summed E-state index contributed by atoms with van der Waals surface area (Å²) in [7, 11) is 3.11. The molecule has 154 valence electrons. The van der Waals surface area contributed by atoms with Crippen LogP contribution in [0.25, 0.3) is 0 Å². The van der Waals surface area contributed by atoms with E-state index in [1.54, 1.807) is 38.5 Å². The molecule has 0 spiro atoms. The lowest BCUT2D eigenvalue weighted by molar-refractivity contribution is -0.130. The maximum atomic E-state index is 12.8. The second-order valence-corrected chi connectivity index (χ2v) is 7.32. The molecule has 2 aromatic rings. The molecule has 0 fully saturated rings. The zero-order valence-corrected chi connectivity index (χ0v) is 18.2. The molecule has 7 nitrogen and oxygen atoms in total. The van der Waals surface area contributed by atoms with Crippen molar-refractivity contribution in [2.45, 2.75) is 12.8 Å². The van der Waals surface area contributed by atoms with Gasteiger partial charge in [0.2, 0.25) is 5.91 Å². The number of hydrazone groups is 1. The molecule has 0 saturated heterocycles. The Morgan fingerprint density at radius 3 is 2.50 bits per heavy atom. The molecule has 0 unspecified atom stereocenters. The number of carbonyl (C=O) groups is 2. The molecular formula is C22H20BrN3O4. The molecule has 1 aliphatic heterocycles. The van der Waals surface area contributed by atoms with Gasteiger partial charge < -0.3 is 14.8 Å². The van der Waals surface area contributed by atoms with E-state index < -0.39 is 5.91 Å². The first-order chi connectivity index (χ1) is 14.4. The zero-order chi connectivity index (χ0) is 21.7. The summed E-state index contributed by atoms with van der Waals surface area (Å²) < 4.78 is 11.4. The summed E-state index contributed by atoms with van der Waals surface area (Å²) in [6, 6.07) is 10.7. The summed E-state index contributed by atoms with van der Waals surface area (Å²) in [5.41, 5.74) is 3.09. The van der Waals surface area contributed by atoms with Crippen LogP contribution in [0.4, 0.5) is 5.69 Å². The second-order valence-electron chi connectivity index (χ2n) is 6.46. The first kappa shape index (κ1) is 21.4. The third kappa shape index (κ3) is 4.81. The summed E-state index contributed by atoms with van der Waals surface area (Å²) >= 11 is 3.48. The highest BCUT2D eigenvalue weighted by molar-refractivity contribution is 9.10. The lowest BCUT2D eigenvalue weighted by atomic mass is 10.1. The lowest BCUT2D eigenvalue weighted by Gasteiger charge is -2.14. The zero-order valence-electron chi connectivity index (χ0n) is 16.6. The van der Waals surface area contributed by atoms with Gasteiger partial charge in [-0.1, -0.05) is 28.1 Å². The van der Waals surface area contributed by atoms with E-state index in [0.29, 0.717) is 30.2 Å². The quantitative estimate of drug-likeness (QED) is 0.658. The Hall–Kier alpha value is -3.31. The van der Waals surface area contributed by atoms with Gasteiger partial charge in [0.05, 0.1) is 32.9 Å². The van der Waals surface area contributed by atoms with Crippen molar-refractivity contribution >= 4 is 39.1 Å². The molecule has 0 saturated carbocycles. The normalized spacial score (nSPS) is 12.7. The second kappa shape index (κ2) is 9.46. The Kier molecular flexibility index (Phi) is 6.75. The molecule has 1 N–H and O–H groups in total. The highest BCUT2D eigenvalue weighted by atomic mass is 79.9. The molecule has 0 atom stereocenters. The number of rotatable bonds is 6. The van der Waals surface area contributed by atoms with E-state index in [1.165, 1.54) is 5.01 Å². The minimum absolute atomic E-state index is 0.115. The van der Waals surface area contributed by atoms with Crippen LogP contribution in [0, 0.1) is 12.3 Å². The smallest absolute Gasteiger partial charge is 0.300 e. The summed E-state index contributed by atoms with van der Waals surface area (Å²) in [5, 5.41) is 8.54. The maximum absolute atomic E-state index is 12.8. The van der Waals surface area contributed by atoms with Gasteiger partial charge in [0.25, 0.3) is 5.91 Å². The molecule has 1 heterocycles. The van der Waals surface area contributed by atoms with Crippen LogP contribution in [-0.2, 0) is 16.0 Å². The van der Waals surface area contributed by atoms with Crippen molar-refractivity contribution in [2.75, 3.05) is 26.1 Å². The van der Waals surface area contributed by atoms with E-state index in [9.17, 15) is 9.59 Å². The number of halogens is 1. The van der Waals surface area contributed by atoms with Crippen molar-refractivity contribution in [1.82, 2.24) is 5.01 Å². The highest BCUT2D eigenvalue weighted by Gasteiger charge is 2.23. The number of hydrogen-bond donors (Lipinski definition) is 1. The van der Waals surface area contributed by atoms with Gasteiger partial charge in [-0.15, -0.1) is 6.42 Å². The van der Waals surface area contributed by atoms with E-state index in [2.05, 4.69) is 26.3 Å². The van der Waals surface area contributed by atoms with Crippen LogP contribution in [0.15, 0.2) is 46.0 Å². The number of anilines is 1. The number of amides is 2. The number of ether oxygens (including phenoxy) is 2. The number of carbonyl (C=O) groups excluding carboxylic acids is 2. The first-order valence-electron chi connectivity index (χ1n) is 9.11. The predicted molar refractivity (Wildman–Crippen MR) is 118 cm³/mol. The molecule has 8 heteroatoms. The van der Waals surface area contributed by atoms with E-state index in [4.69, 9.17) is 15.9 Å². The summed E-state index contributed by atoms with van der Waals surface area (Å²) in [4.78, 5) is 24.0. The van der Waals surface area contributed by atoms with Gasteiger partial charge in [-0.2, -0.15) is 5.10 Å². The first-order valence-corrected chi connectivity index (χ1v) is 9.90. The van der Waals surface area contributed by atoms with Crippen molar-refractivity contribution in [3.05, 3.63) is 52.0 Å². The third-order valence-electron chi connectivity index (χ3n) is 4.59. The molecule has 2 amide bonds. The Bertz CT molecular complexity index is 1040. The number of benzene rings is 2. The average Bonchev–Trinajstić information content (AvgIpc) is 3.25. The predicted octanol–water partition coefficient (Wildman–Crippen LogP) is 3.22. The largest absolute Gasteiger partial charge is 0.493 e. The van der Waals surface area contributed by atoms with E-state index in [-0.39, 0.29) is 12.3 Å². The summed E-state index contributed by atoms with van der Waals surface area (Å²) in [5.74, 6) is 2.54. The minimum Gasteiger partial charge on any atom is -0.493 e. The molecule has 0 bridgehead atoms. The van der Waals surface area contributed by atoms with Crippen LogP contribution in [0.1, 0.15) is 17.5 Å². The van der Waals surface area contributed by atoms with Crippen molar-refractivity contribution in [1.29, 1.82) is 0 Å². The van der Waals surface area contributed by atoms with Gasteiger partial charge in [0, 0.05) is 16.6 Å². The van der Waals surface area contributed by atoms with Crippen LogP contribution in [-0.4, -0.2) is 43.3 Å². The maximum Gasteiger partial charge on any atom is 0.300 e. The fourth-order valence-corrected chi connectivity index (χ4v) is 3.50. The number of terminal acetylenes is 1.